The second-order valence-electron chi connectivity index (χ2n) is 13.4. The third kappa shape index (κ3) is 7.50. The molecular formula is C38H46O7Si. The molecular weight excluding hydrogens is 596 g/mol. The molecule has 1 N–H and O–H groups in total. The number of aliphatic hydroxyl groups is 1. The molecule has 5 rings (SSSR count). The lowest BCUT2D eigenvalue weighted by Crippen LogP contribution is -2.66. The molecule has 0 spiro atoms. The van der Waals surface area contributed by atoms with E-state index in [4.69, 9.17) is 23.4 Å². The van der Waals surface area contributed by atoms with Gasteiger partial charge in [0, 0.05) is 5.92 Å². The SMILES string of the molecule is CC1(C)OCC(C2C(=CC=O)C(OCOCc3ccccc3)C=C(CO[Si](c3ccccc3)(c3ccccc3)C(C)(C)C)C2O)O1. The molecule has 0 bridgehead atoms. The zero-order valence-electron chi connectivity index (χ0n) is 27.4. The van der Waals surface area contributed by atoms with E-state index in [9.17, 15) is 9.90 Å². The van der Waals surface area contributed by atoms with Crippen molar-refractivity contribution in [2.24, 2.45) is 5.92 Å². The van der Waals surface area contributed by atoms with Crippen LogP contribution in [0.5, 0.6) is 0 Å². The zero-order valence-corrected chi connectivity index (χ0v) is 28.4. The summed E-state index contributed by atoms with van der Waals surface area (Å²) in [5, 5.41) is 14.1. The molecule has 3 aromatic rings. The van der Waals surface area contributed by atoms with Crippen LogP contribution in [0.15, 0.2) is 114 Å². The van der Waals surface area contributed by atoms with Gasteiger partial charge in [-0.25, -0.2) is 0 Å². The van der Waals surface area contributed by atoms with Crippen LogP contribution in [0.4, 0.5) is 0 Å². The molecule has 1 aliphatic carbocycles. The maximum atomic E-state index is 12.0. The highest BCUT2D eigenvalue weighted by atomic mass is 28.4. The maximum Gasteiger partial charge on any atom is 0.261 e. The van der Waals surface area contributed by atoms with Crippen LogP contribution < -0.4 is 10.4 Å². The summed E-state index contributed by atoms with van der Waals surface area (Å²) < 4.78 is 31.6. The number of aldehydes is 1. The Bertz CT molecular complexity index is 1440. The average molecular weight is 643 g/mol. The molecule has 3 aromatic carbocycles. The van der Waals surface area contributed by atoms with Crippen molar-refractivity contribution in [3.8, 4) is 0 Å². The topological polar surface area (TPSA) is 83.5 Å². The molecule has 8 heteroatoms. The lowest BCUT2D eigenvalue weighted by Gasteiger charge is -2.44. The average Bonchev–Trinajstić information content (AvgIpc) is 3.41. The van der Waals surface area contributed by atoms with Gasteiger partial charge in [0.1, 0.15) is 19.2 Å². The minimum absolute atomic E-state index is 0.00850. The Hall–Kier alpha value is -3.21. The van der Waals surface area contributed by atoms with Gasteiger partial charge in [-0.3, -0.25) is 4.79 Å². The number of rotatable bonds is 12. The first-order valence-electron chi connectivity index (χ1n) is 15.9. The molecule has 4 atom stereocenters. The van der Waals surface area contributed by atoms with E-state index < -0.39 is 38.3 Å². The molecule has 244 valence electrons. The Labute approximate surface area is 273 Å². The van der Waals surface area contributed by atoms with Crippen LogP contribution in [-0.4, -0.2) is 63.8 Å². The van der Waals surface area contributed by atoms with Gasteiger partial charge < -0.3 is 28.5 Å². The summed E-state index contributed by atoms with van der Waals surface area (Å²) >= 11 is 0. The summed E-state index contributed by atoms with van der Waals surface area (Å²) in [6.45, 7) is 11.2. The van der Waals surface area contributed by atoms with Crippen LogP contribution in [0.25, 0.3) is 0 Å². The monoisotopic (exact) mass is 642 g/mol. The van der Waals surface area contributed by atoms with Crippen molar-refractivity contribution < 1.29 is 33.3 Å². The fourth-order valence-corrected chi connectivity index (χ4v) is 11.2. The summed E-state index contributed by atoms with van der Waals surface area (Å²) in [4.78, 5) is 11.9. The highest BCUT2D eigenvalue weighted by Gasteiger charge is 2.51. The van der Waals surface area contributed by atoms with Gasteiger partial charge in [-0.1, -0.05) is 112 Å². The first-order valence-corrected chi connectivity index (χ1v) is 17.8. The Morgan fingerprint density at radius 3 is 2.02 bits per heavy atom. The van der Waals surface area contributed by atoms with Crippen molar-refractivity contribution >= 4 is 25.0 Å². The van der Waals surface area contributed by atoms with Crippen molar-refractivity contribution in [1.29, 1.82) is 0 Å². The molecule has 1 aliphatic heterocycles. The molecule has 1 saturated heterocycles. The van der Waals surface area contributed by atoms with Crippen LogP contribution in [-0.2, 0) is 34.8 Å². The maximum absolute atomic E-state index is 12.0. The Kier molecular flexibility index (Phi) is 10.9. The number of benzene rings is 3. The molecule has 0 amide bonds. The molecule has 0 radical (unpaired) electrons. The van der Waals surface area contributed by atoms with E-state index in [1.165, 1.54) is 6.08 Å². The largest absolute Gasteiger partial charge is 0.403 e. The molecule has 2 aliphatic rings. The molecule has 7 nitrogen and oxygen atoms in total. The second kappa shape index (κ2) is 14.7. The molecule has 0 aromatic heterocycles. The fourth-order valence-electron chi connectivity index (χ4n) is 6.67. The highest BCUT2D eigenvalue weighted by Crippen LogP contribution is 2.41. The van der Waals surface area contributed by atoms with E-state index in [2.05, 4.69) is 69.3 Å². The first kappa shape index (κ1) is 34.1. The van der Waals surface area contributed by atoms with Gasteiger partial charge in [0.2, 0.25) is 0 Å². The van der Waals surface area contributed by atoms with E-state index in [1.54, 1.807) is 0 Å². The highest BCUT2D eigenvalue weighted by molar-refractivity contribution is 6.99. The van der Waals surface area contributed by atoms with Crippen molar-refractivity contribution in [1.82, 2.24) is 0 Å². The predicted octanol–water partition coefficient (Wildman–Crippen LogP) is 5.32. The van der Waals surface area contributed by atoms with Gasteiger partial charge in [0.25, 0.3) is 8.32 Å². The van der Waals surface area contributed by atoms with Gasteiger partial charge >= 0.3 is 0 Å². The number of hydrogen-bond acceptors (Lipinski definition) is 7. The Morgan fingerprint density at radius 1 is 0.913 bits per heavy atom. The Balaban J connectivity index is 1.49. The summed E-state index contributed by atoms with van der Waals surface area (Å²) in [6.07, 6.45) is 1.96. The number of carbonyl (C=O) groups excluding carboxylic acids is 1. The van der Waals surface area contributed by atoms with E-state index in [-0.39, 0.29) is 25.0 Å². The van der Waals surface area contributed by atoms with Crippen molar-refractivity contribution in [2.75, 3.05) is 20.0 Å². The van der Waals surface area contributed by atoms with Crippen molar-refractivity contribution in [3.05, 3.63) is 120 Å². The van der Waals surface area contributed by atoms with Crippen molar-refractivity contribution in [3.63, 3.8) is 0 Å². The molecule has 1 heterocycles. The number of carbonyl (C=O) groups is 1. The lowest BCUT2D eigenvalue weighted by atomic mass is 9.77. The number of hydrogen-bond donors (Lipinski definition) is 1. The summed E-state index contributed by atoms with van der Waals surface area (Å²) in [6, 6.07) is 30.7. The van der Waals surface area contributed by atoms with Crippen LogP contribution in [0.1, 0.15) is 40.2 Å². The van der Waals surface area contributed by atoms with E-state index in [0.717, 1.165) is 22.2 Å². The van der Waals surface area contributed by atoms with Crippen LogP contribution >= 0.6 is 0 Å². The Morgan fingerprint density at radius 2 is 1.50 bits per heavy atom. The lowest BCUT2D eigenvalue weighted by molar-refractivity contribution is -0.148. The quantitative estimate of drug-likeness (QED) is 0.0716. The van der Waals surface area contributed by atoms with Gasteiger partial charge in [-0.2, -0.15) is 0 Å². The summed E-state index contributed by atoms with van der Waals surface area (Å²) in [5.41, 5.74) is 2.31. The van der Waals surface area contributed by atoms with Crippen LogP contribution in [0.3, 0.4) is 0 Å². The third-order valence-corrected chi connectivity index (χ3v) is 13.8. The predicted molar refractivity (Wildman–Crippen MR) is 181 cm³/mol. The van der Waals surface area contributed by atoms with Crippen LogP contribution in [0.2, 0.25) is 5.04 Å². The van der Waals surface area contributed by atoms with Gasteiger partial charge in [0.05, 0.1) is 32.0 Å². The normalized spacial score (nSPS) is 24.1. The number of ether oxygens (including phenoxy) is 4. The minimum atomic E-state index is -2.91. The molecule has 0 saturated carbocycles. The van der Waals surface area contributed by atoms with Crippen LogP contribution in [0, 0.1) is 5.92 Å². The number of allylic oxidation sites excluding steroid dienone is 1. The standard InChI is InChI=1S/C38H46O7Si/c1-37(2,3)46(30-17-11-7-12-18-30,31-19-13-8-14-20-31)44-25-29-23-33(42-27-41-24-28-15-9-6-10-16-28)32(21-22-39)35(36(29)40)34-26-43-38(4,5)45-34/h6-23,33-36,40H,24-27H2,1-5H3. The molecule has 46 heavy (non-hydrogen) atoms. The molecule has 4 unspecified atom stereocenters. The zero-order chi connectivity index (χ0) is 32.8. The number of aliphatic hydroxyl groups excluding tert-OH is 1. The smallest absolute Gasteiger partial charge is 0.261 e. The fraction of sp³-hybridized carbons (Fsp3) is 0.395. The van der Waals surface area contributed by atoms with E-state index in [0.29, 0.717) is 17.8 Å². The molecule has 1 fully saturated rings. The summed E-state index contributed by atoms with van der Waals surface area (Å²) in [5.74, 6) is -1.41. The van der Waals surface area contributed by atoms with Gasteiger partial charge in [-0.15, -0.1) is 0 Å². The van der Waals surface area contributed by atoms with Gasteiger partial charge in [0.15, 0.2) is 5.79 Å². The minimum Gasteiger partial charge on any atom is -0.403 e. The summed E-state index contributed by atoms with van der Waals surface area (Å²) in [7, 11) is -2.91. The van der Waals surface area contributed by atoms with E-state index in [1.807, 2.05) is 62.4 Å². The second-order valence-corrected chi connectivity index (χ2v) is 17.7. The van der Waals surface area contributed by atoms with E-state index >= 15 is 0 Å². The van der Waals surface area contributed by atoms with Gasteiger partial charge in [-0.05, 0) is 58.1 Å². The first-order chi connectivity index (χ1) is 22.1. The third-order valence-electron chi connectivity index (χ3n) is 8.81. The van der Waals surface area contributed by atoms with Crippen molar-refractivity contribution in [2.45, 2.75) is 70.4 Å².